The molecule has 0 atom stereocenters. The number of aryl methyl sites for hydroxylation is 1. The molecule has 0 aliphatic heterocycles. The van der Waals surface area contributed by atoms with Gasteiger partial charge < -0.3 is 15.4 Å². The minimum Gasteiger partial charge on any atom is -0.381 e. The van der Waals surface area contributed by atoms with E-state index >= 15 is 0 Å². The summed E-state index contributed by atoms with van der Waals surface area (Å²) < 4.78 is 7.34. The number of nitrogens with one attached hydrogen (secondary N) is 2. The topological polar surface area (TPSA) is 63.5 Å². The molecule has 6 nitrogen and oxygen atoms in total. The molecule has 0 bridgehead atoms. The second-order valence-electron chi connectivity index (χ2n) is 5.02. The normalized spacial score (nSPS) is 11.1. The van der Waals surface area contributed by atoms with E-state index in [0.717, 1.165) is 51.5 Å². The van der Waals surface area contributed by atoms with Crippen molar-refractivity contribution in [3.05, 3.63) is 18.0 Å². The number of aliphatic imine (C=N–C) groups is 1. The number of ether oxygens (including phenoxy) is 1. The Morgan fingerprint density at radius 3 is 2.64 bits per heavy atom. The van der Waals surface area contributed by atoms with E-state index in [1.807, 2.05) is 24.1 Å². The Balaban J connectivity index is 0.00000441. The predicted octanol–water partition coefficient (Wildman–Crippen LogP) is 1.95. The quantitative estimate of drug-likeness (QED) is 0.261. The highest BCUT2D eigenvalue weighted by Crippen LogP contribution is 1.95. The highest BCUT2D eigenvalue weighted by atomic mass is 127. The van der Waals surface area contributed by atoms with Crippen LogP contribution in [0.1, 0.15) is 31.7 Å². The van der Waals surface area contributed by atoms with Crippen molar-refractivity contribution in [1.29, 1.82) is 0 Å². The van der Waals surface area contributed by atoms with E-state index in [1.165, 1.54) is 12.0 Å². The molecule has 1 rings (SSSR count). The third-order valence-electron chi connectivity index (χ3n) is 3.09. The molecule has 0 radical (unpaired) electrons. The first kappa shape index (κ1) is 21.2. The maximum atomic E-state index is 5.52. The van der Waals surface area contributed by atoms with Crippen LogP contribution in [0.2, 0.25) is 0 Å². The lowest BCUT2D eigenvalue weighted by Crippen LogP contribution is -2.39. The smallest absolute Gasteiger partial charge is 0.190 e. The largest absolute Gasteiger partial charge is 0.381 e. The Morgan fingerprint density at radius 2 is 2.00 bits per heavy atom. The van der Waals surface area contributed by atoms with Gasteiger partial charge in [0.25, 0.3) is 0 Å². The molecule has 128 valence electrons. The molecule has 1 heterocycles. The van der Waals surface area contributed by atoms with E-state index in [0.29, 0.717) is 0 Å². The van der Waals surface area contributed by atoms with Crippen molar-refractivity contribution in [2.45, 2.75) is 32.6 Å². The van der Waals surface area contributed by atoms with Crippen LogP contribution < -0.4 is 10.6 Å². The van der Waals surface area contributed by atoms with Gasteiger partial charge in [-0.3, -0.25) is 9.67 Å². The van der Waals surface area contributed by atoms with Crippen LogP contribution in [0.15, 0.2) is 17.4 Å². The molecule has 0 unspecified atom stereocenters. The number of unbranched alkanes of at least 4 members (excludes halogenated alkanes) is 1. The van der Waals surface area contributed by atoms with E-state index in [4.69, 9.17) is 4.74 Å². The van der Waals surface area contributed by atoms with E-state index in [2.05, 4.69) is 27.6 Å². The van der Waals surface area contributed by atoms with Gasteiger partial charge in [-0.1, -0.05) is 13.3 Å². The number of guanidine groups is 1. The Kier molecular flexibility index (Phi) is 13.3. The highest BCUT2D eigenvalue weighted by molar-refractivity contribution is 14.0. The van der Waals surface area contributed by atoms with Gasteiger partial charge in [0.1, 0.15) is 0 Å². The van der Waals surface area contributed by atoms with Gasteiger partial charge in [-0.15, -0.1) is 24.0 Å². The van der Waals surface area contributed by atoms with Gasteiger partial charge in [0, 0.05) is 46.6 Å². The third-order valence-corrected chi connectivity index (χ3v) is 3.09. The average Bonchev–Trinajstić information content (AvgIpc) is 2.90. The Labute approximate surface area is 151 Å². The van der Waals surface area contributed by atoms with E-state index in [-0.39, 0.29) is 24.0 Å². The monoisotopic (exact) mass is 423 g/mol. The van der Waals surface area contributed by atoms with Crippen molar-refractivity contribution in [3.8, 4) is 0 Å². The van der Waals surface area contributed by atoms with Crippen molar-refractivity contribution in [1.82, 2.24) is 20.4 Å². The number of hydrogen-bond acceptors (Lipinski definition) is 3. The van der Waals surface area contributed by atoms with Gasteiger partial charge in [-0.05, 0) is 24.8 Å². The second-order valence-corrected chi connectivity index (χ2v) is 5.02. The van der Waals surface area contributed by atoms with Crippen LogP contribution in [0.5, 0.6) is 0 Å². The molecule has 0 aliphatic rings. The van der Waals surface area contributed by atoms with Crippen LogP contribution >= 0.6 is 24.0 Å². The SMILES string of the molecule is CCCCOCCCNC(=NC)NCCc1cnn(C)c1.I. The molecule has 0 saturated carbocycles. The summed E-state index contributed by atoms with van der Waals surface area (Å²) in [7, 11) is 3.72. The predicted molar refractivity (Wildman–Crippen MR) is 102 cm³/mol. The molecule has 0 aromatic carbocycles. The van der Waals surface area contributed by atoms with E-state index in [1.54, 1.807) is 7.05 Å². The molecule has 0 spiro atoms. The fourth-order valence-electron chi connectivity index (χ4n) is 1.88. The van der Waals surface area contributed by atoms with Gasteiger partial charge in [-0.2, -0.15) is 5.10 Å². The standard InChI is InChI=1S/C15H29N5O.HI/c1-4-5-10-21-11-6-8-17-15(16-2)18-9-7-14-12-19-20(3)13-14;/h12-13H,4-11H2,1-3H3,(H2,16,17,18);1H. The molecule has 0 aliphatic carbocycles. The summed E-state index contributed by atoms with van der Waals surface area (Å²) in [6.07, 6.45) is 8.19. The fraction of sp³-hybridized carbons (Fsp3) is 0.733. The minimum atomic E-state index is 0. The zero-order valence-electron chi connectivity index (χ0n) is 14.0. The van der Waals surface area contributed by atoms with Gasteiger partial charge in [0.05, 0.1) is 6.20 Å². The zero-order chi connectivity index (χ0) is 15.3. The van der Waals surface area contributed by atoms with Crippen LogP contribution in [0.25, 0.3) is 0 Å². The maximum absolute atomic E-state index is 5.52. The van der Waals surface area contributed by atoms with Crippen LogP contribution in [0.4, 0.5) is 0 Å². The Bertz CT molecular complexity index is 408. The Hall–Kier alpha value is -0.830. The van der Waals surface area contributed by atoms with Crippen LogP contribution in [-0.4, -0.2) is 49.1 Å². The van der Waals surface area contributed by atoms with Crippen molar-refractivity contribution in [2.75, 3.05) is 33.4 Å². The number of hydrogen-bond donors (Lipinski definition) is 2. The summed E-state index contributed by atoms with van der Waals surface area (Å²) in [6.45, 7) is 5.57. The van der Waals surface area contributed by atoms with Crippen LogP contribution in [0.3, 0.4) is 0 Å². The lowest BCUT2D eigenvalue weighted by molar-refractivity contribution is 0.129. The van der Waals surface area contributed by atoms with E-state index in [9.17, 15) is 0 Å². The first-order chi connectivity index (χ1) is 10.3. The summed E-state index contributed by atoms with van der Waals surface area (Å²) >= 11 is 0. The molecule has 0 fully saturated rings. The summed E-state index contributed by atoms with van der Waals surface area (Å²) in [5.74, 6) is 0.840. The zero-order valence-corrected chi connectivity index (χ0v) is 16.3. The molecule has 1 aromatic heterocycles. The van der Waals surface area contributed by atoms with Gasteiger partial charge >= 0.3 is 0 Å². The van der Waals surface area contributed by atoms with Crippen molar-refractivity contribution >= 4 is 29.9 Å². The molecular formula is C15H30IN5O. The molecule has 2 N–H and O–H groups in total. The van der Waals surface area contributed by atoms with Crippen molar-refractivity contribution < 1.29 is 4.74 Å². The van der Waals surface area contributed by atoms with Crippen LogP contribution in [-0.2, 0) is 18.2 Å². The average molecular weight is 423 g/mol. The number of halogens is 1. The first-order valence-electron chi connectivity index (χ1n) is 7.76. The van der Waals surface area contributed by atoms with Crippen molar-refractivity contribution in [3.63, 3.8) is 0 Å². The minimum absolute atomic E-state index is 0. The molecular weight excluding hydrogens is 393 g/mol. The number of rotatable bonds is 10. The summed E-state index contributed by atoms with van der Waals surface area (Å²) in [6, 6.07) is 0. The lowest BCUT2D eigenvalue weighted by atomic mass is 10.2. The van der Waals surface area contributed by atoms with Gasteiger partial charge in [0.2, 0.25) is 0 Å². The van der Waals surface area contributed by atoms with Crippen molar-refractivity contribution in [2.24, 2.45) is 12.0 Å². The summed E-state index contributed by atoms with van der Waals surface area (Å²) in [5.41, 5.74) is 1.23. The van der Waals surface area contributed by atoms with Gasteiger partial charge in [0.15, 0.2) is 5.96 Å². The number of nitrogens with zero attached hydrogens (tertiary/aromatic N) is 3. The molecule has 7 heteroatoms. The molecule has 0 amide bonds. The third kappa shape index (κ3) is 9.99. The lowest BCUT2D eigenvalue weighted by Gasteiger charge is -2.11. The maximum Gasteiger partial charge on any atom is 0.190 e. The van der Waals surface area contributed by atoms with Crippen LogP contribution in [0, 0.1) is 0 Å². The second kappa shape index (κ2) is 13.8. The number of aromatic nitrogens is 2. The first-order valence-corrected chi connectivity index (χ1v) is 7.76. The fourth-order valence-corrected chi connectivity index (χ4v) is 1.88. The molecule has 0 saturated heterocycles. The van der Waals surface area contributed by atoms with E-state index < -0.39 is 0 Å². The molecule has 1 aromatic rings. The highest BCUT2D eigenvalue weighted by Gasteiger charge is 1.99. The molecule has 22 heavy (non-hydrogen) atoms. The Morgan fingerprint density at radius 1 is 1.27 bits per heavy atom. The van der Waals surface area contributed by atoms with Gasteiger partial charge in [-0.25, -0.2) is 0 Å². The summed E-state index contributed by atoms with van der Waals surface area (Å²) in [4.78, 5) is 4.20. The summed E-state index contributed by atoms with van der Waals surface area (Å²) in [5, 5.41) is 10.7.